The summed E-state index contributed by atoms with van der Waals surface area (Å²) in [5.41, 5.74) is 4.07. The van der Waals surface area contributed by atoms with Crippen LogP contribution in [0.3, 0.4) is 0 Å². The van der Waals surface area contributed by atoms with Crippen molar-refractivity contribution in [3.8, 4) is 17.1 Å². The van der Waals surface area contributed by atoms with E-state index in [1.165, 1.54) is 17.3 Å². The molecule has 5 rings (SSSR count). The minimum atomic E-state index is -0.188. The van der Waals surface area contributed by atoms with Gasteiger partial charge < -0.3 is 5.32 Å². The average Bonchev–Trinajstić information content (AvgIpc) is 3.58. The number of pyridine rings is 1. The summed E-state index contributed by atoms with van der Waals surface area (Å²) in [6.07, 6.45) is 3.47. The van der Waals surface area contributed by atoms with Gasteiger partial charge in [-0.15, -0.1) is 21.5 Å². The van der Waals surface area contributed by atoms with Gasteiger partial charge in [0, 0.05) is 28.5 Å². The van der Waals surface area contributed by atoms with E-state index in [-0.39, 0.29) is 17.7 Å². The van der Waals surface area contributed by atoms with Crippen molar-refractivity contribution < 1.29 is 4.79 Å². The summed E-state index contributed by atoms with van der Waals surface area (Å²) in [5, 5.41) is 14.8. The summed E-state index contributed by atoms with van der Waals surface area (Å²) < 4.78 is 1.99. The van der Waals surface area contributed by atoms with E-state index < -0.39 is 0 Å². The van der Waals surface area contributed by atoms with Crippen molar-refractivity contribution in [3.63, 3.8) is 0 Å². The molecule has 1 unspecified atom stereocenters. The first kappa shape index (κ1) is 23.0. The molecule has 0 saturated heterocycles. The fourth-order valence-corrected chi connectivity index (χ4v) is 5.30. The van der Waals surface area contributed by atoms with Crippen LogP contribution in [0.4, 0.5) is 0 Å². The van der Waals surface area contributed by atoms with E-state index >= 15 is 0 Å². The Balaban J connectivity index is 1.39. The number of hydrogen-bond acceptors (Lipinski definition) is 6. The Morgan fingerprint density at radius 2 is 1.74 bits per heavy atom. The first-order valence-corrected chi connectivity index (χ1v) is 13.0. The number of aryl methyl sites for hydroxylation is 1. The quantitative estimate of drug-likeness (QED) is 0.279. The monoisotopic (exact) mass is 497 g/mol. The van der Waals surface area contributed by atoms with E-state index in [4.69, 9.17) is 0 Å². The number of benzene rings is 2. The van der Waals surface area contributed by atoms with Gasteiger partial charge in [0.2, 0.25) is 5.91 Å². The number of thioether (sulfide) groups is 1. The highest BCUT2D eigenvalue weighted by molar-refractivity contribution is 7.99. The van der Waals surface area contributed by atoms with Crippen LogP contribution >= 0.6 is 23.1 Å². The zero-order valence-corrected chi connectivity index (χ0v) is 20.7. The van der Waals surface area contributed by atoms with Gasteiger partial charge in [-0.05, 0) is 48.2 Å². The zero-order chi connectivity index (χ0) is 24.0. The maximum atomic E-state index is 13.1. The summed E-state index contributed by atoms with van der Waals surface area (Å²) in [6, 6.07) is 25.9. The molecular weight excluding hydrogens is 474 g/mol. The molecule has 0 aliphatic carbocycles. The normalized spacial score (nSPS) is 11.8. The molecule has 6 nitrogen and oxygen atoms in total. The maximum absolute atomic E-state index is 13.1. The van der Waals surface area contributed by atoms with Gasteiger partial charge >= 0.3 is 0 Å². The first-order valence-electron chi connectivity index (χ1n) is 11.1. The first-order chi connectivity index (χ1) is 17.2. The van der Waals surface area contributed by atoms with Crippen LogP contribution in [0, 0.1) is 6.92 Å². The average molecular weight is 498 g/mol. The van der Waals surface area contributed by atoms with Gasteiger partial charge in [0.1, 0.15) is 0 Å². The second-order valence-corrected chi connectivity index (χ2v) is 9.85. The van der Waals surface area contributed by atoms with Gasteiger partial charge in [0.05, 0.1) is 11.8 Å². The van der Waals surface area contributed by atoms with Crippen LogP contribution in [0.15, 0.2) is 102 Å². The van der Waals surface area contributed by atoms with Gasteiger partial charge in [-0.25, -0.2) is 0 Å². The molecule has 0 spiro atoms. The zero-order valence-electron chi connectivity index (χ0n) is 19.0. The molecule has 5 aromatic rings. The molecule has 3 heterocycles. The predicted octanol–water partition coefficient (Wildman–Crippen LogP) is 5.70. The van der Waals surface area contributed by atoms with Gasteiger partial charge in [-0.1, -0.05) is 65.9 Å². The van der Waals surface area contributed by atoms with E-state index in [0.29, 0.717) is 11.0 Å². The van der Waals surface area contributed by atoms with Crippen LogP contribution in [0.5, 0.6) is 0 Å². The highest BCUT2D eigenvalue weighted by Crippen LogP contribution is 2.29. The second-order valence-electron chi connectivity index (χ2n) is 7.93. The topological polar surface area (TPSA) is 72.7 Å². The molecule has 3 aromatic heterocycles. The minimum absolute atomic E-state index is 0.0684. The van der Waals surface area contributed by atoms with Gasteiger partial charge in [0.25, 0.3) is 0 Å². The standard InChI is InChI=1S/C27H23N5OS2/c1-19-9-11-22(12-10-19)32-26(21-13-15-28-16-14-21)30-31-27(32)35-18-24(33)29-25(23-8-5-17-34-23)20-6-3-2-4-7-20/h2-17,25H,18H2,1H3,(H,29,33). The summed E-state index contributed by atoms with van der Waals surface area (Å²) in [5.74, 6) is 0.857. The van der Waals surface area contributed by atoms with Crippen LogP contribution < -0.4 is 5.32 Å². The fraction of sp³-hybridized carbons (Fsp3) is 0.111. The number of carbonyl (C=O) groups is 1. The third-order valence-electron chi connectivity index (χ3n) is 5.46. The summed E-state index contributed by atoms with van der Waals surface area (Å²) in [7, 11) is 0. The lowest BCUT2D eigenvalue weighted by Crippen LogP contribution is -2.30. The van der Waals surface area contributed by atoms with Crippen LogP contribution in [0.25, 0.3) is 17.1 Å². The van der Waals surface area contributed by atoms with Crippen LogP contribution in [-0.4, -0.2) is 31.4 Å². The molecule has 1 atom stereocenters. The van der Waals surface area contributed by atoms with Gasteiger partial charge in [0.15, 0.2) is 11.0 Å². The number of thiophene rings is 1. The predicted molar refractivity (Wildman–Crippen MR) is 141 cm³/mol. The van der Waals surface area contributed by atoms with Crippen LogP contribution in [-0.2, 0) is 4.79 Å². The third kappa shape index (κ3) is 5.34. The second kappa shape index (κ2) is 10.7. The Morgan fingerprint density at radius 3 is 2.46 bits per heavy atom. The highest BCUT2D eigenvalue weighted by atomic mass is 32.2. The Morgan fingerprint density at radius 1 is 0.971 bits per heavy atom. The minimum Gasteiger partial charge on any atom is -0.344 e. The molecule has 174 valence electrons. The van der Waals surface area contributed by atoms with Crippen molar-refractivity contribution in [2.45, 2.75) is 18.1 Å². The molecular formula is C27H23N5OS2. The lowest BCUT2D eigenvalue weighted by atomic mass is 10.1. The Hall–Kier alpha value is -3.75. The number of aromatic nitrogens is 4. The molecule has 1 N–H and O–H groups in total. The smallest absolute Gasteiger partial charge is 0.231 e. The molecule has 0 aliphatic heterocycles. The maximum Gasteiger partial charge on any atom is 0.231 e. The molecule has 0 saturated carbocycles. The van der Waals surface area contributed by atoms with Crippen LogP contribution in [0.2, 0.25) is 0 Å². The molecule has 2 aromatic carbocycles. The van der Waals surface area contributed by atoms with Crippen molar-refractivity contribution >= 4 is 29.0 Å². The van der Waals surface area contributed by atoms with Crippen molar-refractivity contribution in [2.75, 3.05) is 5.75 Å². The lowest BCUT2D eigenvalue weighted by molar-refractivity contribution is -0.119. The molecule has 0 fully saturated rings. The summed E-state index contributed by atoms with van der Waals surface area (Å²) in [6.45, 7) is 2.05. The number of amides is 1. The Kier molecular flexibility index (Phi) is 7.02. The lowest BCUT2D eigenvalue weighted by Gasteiger charge is -2.18. The molecule has 0 aliphatic rings. The number of carbonyl (C=O) groups excluding carboxylic acids is 1. The van der Waals surface area contributed by atoms with Crippen LogP contribution in [0.1, 0.15) is 22.0 Å². The highest BCUT2D eigenvalue weighted by Gasteiger charge is 2.20. The van der Waals surface area contributed by atoms with E-state index in [0.717, 1.165) is 21.7 Å². The molecule has 35 heavy (non-hydrogen) atoms. The number of hydrogen-bond donors (Lipinski definition) is 1. The molecule has 1 amide bonds. The Bertz CT molecular complexity index is 1390. The molecule has 0 bridgehead atoms. The Labute approximate surface area is 212 Å². The summed E-state index contributed by atoms with van der Waals surface area (Å²) in [4.78, 5) is 18.3. The molecule has 0 radical (unpaired) electrons. The van der Waals surface area contributed by atoms with Gasteiger partial charge in [-0.2, -0.15) is 0 Å². The van der Waals surface area contributed by atoms with E-state index in [9.17, 15) is 4.79 Å². The molecule has 8 heteroatoms. The van der Waals surface area contributed by atoms with Gasteiger partial charge in [-0.3, -0.25) is 14.3 Å². The largest absolute Gasteiger partial charge is 0.344 e. The van der Waals surface area contributed by atoms with Crippen molar-refractivity contribution in [1.29, 1.82) is 0 Å². The number of nitrogens with one attached hydrogen (secondary N) is 1. The van der Waals surface area contributed by atoms with E-state index in [2.05, 4.69) is 39.6 Å². The number of nitrogens with zero attached hydrogens (tertiary/aromatic N) is 4. The summed E-state index contributed by atoms with van der Waals surface area (Å²) >= 11 is 3.00. The van der Waals surface area contributed by atoms with E-state index in [1.54, 1.807) is 23.7 Å². The SMILES string of the molecule is Cc1ccc(-n2c(SCC(=O)NC(c3ccccc3)c3cccs3)nnc2-c2ccncc2)cc1. The van der Waals surface area contributed by atoms with E-state index in [1.807, 2.05) is 76.7 Å². The van der Waals surface area contributed by atoms with Crippen molar-refractivity contribution in [1.82, 2.24) is 25.1 Å². The van der Waals surface area contributed by atoms with Crippen molar-refractivity contribution in [2.24, 2.45) is 0 Å². The fourth-order valence-electron chi connectivity index (χ4n) is 3.73. The van der Waals surface area contributed by atoms with Crippen molar-refractivity contribution in [3.05, 3.63) is 113 Å². The third-order valence-corrected chi connectivity index (χ3v) is 7.33. The number of rotatable bonds is 8.